The minimum absolute atomic E-state index is 0.603. The molecule has 2 heterocycles. The Kier molecular flexibility index (Phi) is 8.63. The molecule has 0 amide bonds. The van der Waals surface area contributed by atoms with Gasteiger partial charge in [0.2, 0.25) is 5.95 Å². The van der Waals surface area contributed by atoms with Gasteiger partial charge in [0.15, 0.2) is 0 Å². The smallest absolute Gasteiger partial charge is 0.227 e. The van der Waals surface area contributed by atoms with Gasteiger partial charge in [-0.05, 0) is 31.4 Å². The van der Waals surface area contributed by atoms with Crippen molar-refractivity contribution >= 4 is 17.3 Å². The Morgan fingerprint density at radius 3 is 2.60 bits per heavy atom. The Balaban J connectivity index is 0.000000194. The van der Waals surface area contributed by atoms with E-state index in [0.29, 0.717) is 5.95 Å². The lowest BCUT2D eigenvalue weighted by molar-refractivity contribution is 0.716. The molecule has 2 aromatic heterocycles. The number of allylic oxidation sites excluding steroid dienone is 4. The molecule has 1 aliphatic carbocycles. The average molecular weight is 355 g/mol. The molecule has 0 bridgehead atoms. The zero-order chi connectivity index (χ0) is 17.7. The average Bonchev–Trinajstić information content (AvgIpc) is 3.34. The lowest BCUT2D eigenvalue weighted by Gasteiger charge is -2.04. The Bertz CT molecular complexity index is 656. The highest BCUT2D eigenvalue weighted by Gasteiger charge is 2.18. The summed E-state index contributed by atoms with van der Waals surface area (Å²) in [7, 11) is 0. The molecule has 0 saturated heterocycles. The highest BCUT2D eigenvalue weighted by molar-refractivity contribution is 7.09. The maximum atomic E-state index is 4.32. The van der Waals surface area contributed by atoms with Crippen molar-refractivity contribution in [2.45, 2.75) is 44.9 Å². The molecule has 132 valence electrons. The third-order valence-electron chi connectivity index (χ3n) is 3.81. The van der Waals surface area contributed by atoms with Crippen molar-refractivity contribution in [3.05, 3.63) is 71.6 Å². The molecule has 1 aliphatic rings. The van der Waals surface area contributed by atoms with Crippen LogP contribution in [-0.2, 0) is 0 Å². The van der Waals surface area contributed by atoms with E-state index in [1.165, 1.54) is 30.7 Å². The van der Waals surface area contributed by atoms with Crippen LogP contribution < -0.4 is 5.32 Å². The summed E-state index contributed by atoms with van der Waals surface area (Å²) >= 11 is 1.81. The fraction of sp³-hybridized carbons (Fsp3) is 0.350. The van der Waals surface area contributed by atoms with Gasteiger partial charge < -0.3 is 5.32 Å². The van der Waals surface area contributed by atoms with Gasteiger partial charge in [0.1, 0.15) is 0 Å². The summed E-state index contributed by atoms with van der Waals surface area (Å²) < 4.78 is 0. The molecule has 4 nitrogen and oxygen atoms in total. The third-order valence-corrected chi connectivity index (χ3v) is 4.75. The van der Waals surface area contributed by atoms with E-state index in [2.05, 4.69) is 45.2 Å². The molecule has 0 atom stereocenters. The summed E-state index contributed by atoms with van der Waals surface area (Å²) in [6.07, 6.45) is 19.4. The molecule has 0 unspecified atom stereocenters. The minimum Gasteiger partial charge on any atom is -0.324 e. The van der Waals surface area contributed by atoms with Crippen molar-refractivity contribution in [3.8, 4) is 0 Å². The predicted molar refractivity (Wildman–Crippen MR) is 107 cm³/mol. The Labute approximate surface area is 154 Å². The quantitative estimate of drug-likeness (QED) is 0.674. The molecule has 0 aliphatic heterocycles. The van der Waals surface area contributed by atoms with Crippen LogP contribution in [0.25, 0.3) is 0 Å². The fourth-order valence-corrected chi connectivity index (χ4v) is 3.46. The molecule has 25 heavy (non-hydrogen) atoms. The van der Waals surface area contributed by atoms with Crippen molar-refractivity contribution < 1.29 is 0 Å². The van der Waals surface area contributed by atoms with Crippen LogP contribution in [0.4, 0.5) is 5.95 Å². The first-order chi connectivity index (χ1) is 12.3. The standard InChI is InChI=1S/C12H15N3.C8H11NS/c1-3-5-8-11(7-4-2)15-12-13-9-6-10-14-12;1-2-4-7(3-1)8-9-5-6-10-8/h3,5-10H,1,4H2,2H3,(H,13,14,15);5-7H,1-4H2/b8-5-,11-7+;. The van der Waals surface area contributed by atoms with Crippen LogP contribution in [0.2, 0.25) is 0 Å². The normalized spacial score (nSPS) is 15.0. The maximum Gasteiger partial charge on any atom is 0.227 e. The van der Waals surface area contributed by atoms with Gasteiger partial charge in [-0.15, -0.1) is 11.3 Å². The van der Waals surface area contributed by atoms with Crippen LogP contribution in [0.5, 0.6) is 0 Å². The zero-order valence-corrected chi connectivity index (χ0v) is 15.6. The summed E-state index contributed by atoms with van der Waals surface area (Å²) in [4.78, 5) is 12.5. The van der Waals surface area contributed by atoms with Crippen molar-refractivity contribution in [1.29, 1.82) is 0 Å². The number of hydrogen-bond acceptors (Lipinski definition) is 5. The van der Waals surface area contributed by atoms with E-state index in [1.807, 2.05) is 29.7 Å². The van der Waals surface area contributed by atoms with E-state index in [1.54, 1.807) is 24.5 Å². The first-order valence-electron chi connectivity index (χ1n) is 8.76. The van der Waals surface area contributed by atoms with E-state index < -0.39 is 0 Å². The number of thiazole rings is 1. The molecule has 2 aromatic rings. The Morgan fingerprint density at radius 1 is 1.24 bits per heavy atom. The SMILES string of the molecule is C=C/C=C\C(=C/CC)Nc1ncccn1.c1csc(C2CCCC2)n1. The minimum atomic E-state index is 0.603. The Hall–Kier alpha value is -2.27. The monoisotopic (exact) mass is 354 g/mol. The summed E-state index contributed by atoms with van der Waals surface area (Å²) in [6.45, 7) is 5.71. The van der Waals surface area contributed by atoms with E-state index >= 15 is 0 Å². The second kappa shape index (κ2) is 11.3. The van der Waals surface area contributed by atoms with Crippen molar-refractivity contribution in [2.24, 2.45) is 0 Å². The third kappa shape index (κ3) is 7.01. The topological polar surface area (TPSA) is 50.7 Å². The maximum absolute atomic E-state index is 4.32. The van der Waals surface area contributed by atoms with E-state index in [-0.39, 0.29) is 0 Å². The molecular formula is C20H26N4S. The molecule has 1 N–H and O–H groups in total. The Morgan fingerprint density at radius 2 is 2.00 bits per heavy atom. The van der Waals surface area contributed by atoms with Crippen molar-refractivity contribution in [3.63, 3.8) is 0 Å². The second-order valence-corrected chi connectivity index (χ2v) is 6.64. The van der Waals surface area contributed by atoms with Gasteiger partial charge in [-0.1, -0.05) is 44.6 Å². The lowest BCUT2D eigenvalue weighted by Crippen LogP contribution is -2.00. The fourth-order valence-electron chi connectivity index (χ4n) is 2.65. The van der Waals surface area contributed by atoms with E-state index in [4.69, 9.17) is 0 Å². The number of hydrogen-bond donors (Lipinski definition) is 1. The largest absolute Gasteiger partial charge is 0.324 e. The molecule has 0 radical (unpaired) electrons. The van der Waals surface area contributed by atoms with E-state index in [9.17, 15) is 0 Å². The van der Waals surface area contributed by atoms with Crippen molar-refractivity contribution in [1.82, 2.24) is 15.0 Å². The van der Waals surface area contributed by atoms with Crippen LogP contribution in [-0.4, -0.2) is 15.0 Å². The molecule has 0 aromatic carbocycles. The molecule has 0 spiro atoms. The number of rotatable bonds is 6. The summed E-state index contributed by atoms with van der Waals surface area (Å²) in [5.41, 5.74) is 0.976. The van der Waals surface area contributed by atoms with Crippen LogP contribution in [0.15, 0.2) is 66.6 Å². The van der Waals surface area contributed by atoms with Crippen LogP contribution >= 0.6 is 11.3 Å². The second-order valence-electron chi connectivity index (χ2n) is 5.71. The summed E-state index contributed by atoms with van der Waals surface area (Å²) in [6, 6.07) is 1.79. The summed E-state index contributed by atoms with van der Waals surface area (Å²) in [5, 5.41) is 6.55. The highest BCUT2D eigenvalue weighted by atomic mass is 32.1. The number of nitrogens with one attached hydrogen (secondary N) is 1. The molecule has 3 rings (SSSR count). The van der Waals surface area contributed by atoms with Gasteiger partial charge in [-0.25, -0.2) is 15.0 Å². The van der Waals surface area contributed by atoms with Gasteiger partial charge in [0.05, 0.1) is 5.01 Å². The van der Waals surface area contributed by atoms with Gasteiger partial charge in [0, 0.05) is 35.6 Å². The van der Waals surface area contributed by atoms with Gasteiger partial charge in [0.25, 0.3) is 0 Å². The van der Waals surface area contributed by atoms with Crippen LogP contribution in [0.3, 0.4) is 0 Å². The molecular weight excluding hydrogens is 328 g/mol. The van der Waals surface area contributed by atoms with Crippen LogP contribution in [0, 0.1) is 0 Å². The first-order valence-corrected chi connectivity index (χ1v) is 9.64. The number of anilines is 1. The van der Waals surface area contributed by atoms with E-state index in [0.717, 1.165) is 18.0 Å². The number of aromatic nitrogens is 3. The first kappa shape index (κ1) is 19.1. The van der Waals surface area contributed by atoms with Gasteiger partial charge in [-0.3, -0.25) is 0 Å². The predicted octanol–water partition coefficient (Wildman–Crippen LogP) is 5.73. The summed E-state index contributed by atoms with van der Waals surface area (Å²) in [5.74, 6) is 1.41. The lowest BCUT2D eigenvalue weighted by atomic mass is 10.1. The highest BCUT2D eigenvalue weighted by Crippen LogP contribution is 2.34. The zero-order valence-electron chi connectivity index (χ0n) is 14.8. The molecule has 5 heteroatoms. The number of nitrogens with zero attached hydrogens (tertiary/aromatic N) is 3. The van der Waals surface area contributed by atoms with Crippen molar-refractivity contribution in [2.75, 3.05) is 5.32 Å². The molecule has 1 fully saturated rings. The molecule has 1 saturated carbocycles. The van der Waals surface area contributed by atoms with Crippen LogP contribution in [0.1, 0.15) is 50.0 Å². The van der Waals surface area contributed by atoms with Gasteiger partial charge in [-0.2, -0.15) is 0 Å². The van der Waals surface area contributed by atoms with Gasteiger partial charge >= 0.3 is 0 Å².